The first-order valence-electron chi connectivity index (χ1n) is 12.8. The van der Waals surface area contributed by atoms with Crippen LogP contribution in [0.1, 0.15) is 31.5 Å². The Morgan fingerprint density at radius 1 is 0.892 bits per heavy atom. The highest BCUT2D eigenvalue weighted by Crippen LogP contribution is 2.33. The lowest BCUT2D eigenvalue weighted by molar-refractivity contribution is 0.122. The Labute approximate surface area is 215 Å². The third-order valence-electron chi connectivity index (χ3n) is 6.96. The number of rotatable bonds is 6. The summed E-state index contributed by atoms with van der Waals surface area (Å²) >= 11 is 0. The molecule has 190 valence electrons. The molecular weight excluding hydrogens is 468 g/mol. The summed E-state index contributed by atoms with van der Waals surface area (Å²) in [6, 6.07) is 6.50. The second kappa shape index (κ2) is 10.6. The van der Waals surface area contributed by atoms with Crippen LogP contribution in [-0.2, 0) is 4.74 Å². The number of nitrogens with zero attached hydrogens (tertiary/aromatic N) is 7. The molecular formula is C27H30N8O2. The van der Waals surface area contributed by atoms with Crippen LogP contribution in [0.4, 0.5) is 11.5 Å². The summed E-state index contributed by atoms with van der Waals surface area (Å²) in [5.41, 5.74) is 4.47. The molecule has 0 amide bonds. The Hall–Kier alpha value is -3.92. The van der Waals surface area contributed by atoms with Crippen molar-refractivity contribution in [1.82, 2.24) is 29.9 Å². The van der Waals surface area contributed by atoms with Gasteiger partial charge < -0.3 is 19.7 Å². The molecule has 37 heavy (non-hydrogen) atoms. The molecule has 1 aromatic carbocycles. The highest BCUT2D eigenvalue weighted by atomic mass is 16.5. The predicted octanol–water partition coefficient (Wildman–Crippen LogP) is 3.82. The molecule has 0 atom stereocenters. The Bertz CT molecular complexity index is 1350. The van der Waals surface area contributed by atoms with Crippen molar-refractivity contribution in [3.05, 3.63) is 55.1 Å². The van der Waals surface area contributed by atoms with Crippen molar-refractivity contribution in [1.29, 1.82) is 0 Å². The van der Waals surface area contributed by atoms with Gasteiger partial charge in [0.1, 0.15) is 29.2 Å². The van der Waals surface area contributed by atoms with Crippen LogP contribution in [0, 0.1) is 6.92 Å². The van der Waals surface area contributed by atoms with Crippen LogP contribution < -0.4 is 15.0 Å². The van der Waals surface area contributed by atoms with Gasteiger partial charge in [0.05, 0.1) is 30.5 Å². The van der Waals surface area contributed by atoms with Crippen molar-refractivity contribution < 1.29 is 9.47 Å². The van der Waals surface area contributed by atoms with Gasteiger partial charge in [-0.2, -0.15) is 0 Å². The van der Waals surface area contributed by atoms with Crippen molar-refractivity contribution in [2.45, 2.75) is 44.8 Å². The van der Waals surface area contributed by atoms with Crippen LogP contribution in [0.3, 0.4) is 0 Å². The third-order valence-corrected chi connectivity index (χ3v) is 6.96. The minimum atomic E-state index is 0.133. The van der Waals surface area contributed by atoms with Crippen molar-refractivity contribution in [2.75, 3.05) is 36.5 Å². The quantitative estimate of drug-likeness (QED) is 0.421. The number of aromatic nitrogens is 6. The van der Waals surface area contributed by atoms with E-state index in [9.17, 15) is 0 Å². The van der Waals surface area contributed by atoms with E-state index in [1.165, 1.54) is 0 Å². The number of nitrogens with one attached hydrogen (secondary N) is 1. The van der Waals surface area contributed by atoms with Gasteiger partial charge in [0.25, 0.3) is 0 Å². The van der Waals surface area contributed by atoms with Crippen LogP contribution in [0.2, 0.25) is 0 Å². The van der Waals surface area contributed by atoms with E-state index in [1.807, 2.05) is 13.0 Å². The van der Waals surface area contributed by atoms with Crippen molar-refractivity contribution in [2.24, 2.45) is 0 Å². The lowest BCUT2D eigenvalue weighted by Crippen LogP contribution is -2.36. The zero-order valence-electron chi connectivity index (χ0n) is 20.9. The van der Waals surface area contributed by atoms with Crippen LogP contribution in [0.25, 0.3) is 22.3 Å². The van der Waals surface area contributed by atoms with Gasteiger partial charge in [-0.1, -0.05) is 0 Å². The maximum Gasteiger partial charge on any atom is 0.149 e. The highest BCUT2D eigenvalue weighted by Gasteiger charge is 2.24. The predicted molar refractivity (Wildman–Crippen MR) is 141 cm³/mol. The lowest BCUT2D eigenvalue weighted by atomic mass is 9.93. The van der Waals surface area contributed by atoms with Gasteiger partial charge in [-0.05, 0) is 38.7 Å². The van der Waals surface area contributed by atoms with Gasteiger partial charge in [-0.15, -0.1) is 0 Å². The Morgan fingerprint density at radius 3 is 2.49 bits per heavy atom. The van der Waals surface area contributed by atoms with Crippen LogP contribution in [-0.4, -0.2) is 68.4 Å². The SMILES string of the molecule is Cc1ncc(-c2cc(NC3CCC(Oc4cc(N5CCOCC5)cc5nccnc45)CC3)ncn2)cn1. The molecule has 1 saturated carbocycles. The lowest BCUT2D eigenvalue weighted by Gasteiger charge is -2.31. The maximum absolute atomic E-state index is 6.56. The molecule has 1 saturated heterocycles. The van der Waals surface area contributed by atoms with Crippen LogP contribution >= 0.6 is 0 Å². The van der Waals surface area contributed by atoms with Crippen molar-refractivity contribution >= 4 is 22.5 Å². The molecule has 10 heteroatoms. The number of fused-ring (bicyclic) bond motifs is 1. The number of benzene rings is 1. The van der Waals surface area contributed by atoms with E-state index >= 15 is 0 Å². The molecule has 10 nitrogen and oxygen atoms in total. The Balaban J connectivity index is 1.11. The van der Waals surface area contributed by atoms with Gasteiger partial charge in [0, 0.05) is 67.3 Å². The molecule has 3 aromatic heterocycles. The largest absolute Gasteiger partial charge is 0.488 e. The van der Waals surface area contributed by atoms with Gasteiger partial charge >= 0.3 is 0 Å². The average Bonchev–Trinajstić information content (AvgIpc) is 2.95. The fourth-order valence-electron chi connectivity index (χ4n) is 4.96. The zero-order valence-corrected chi connectivity index (χ0v) is 20.9. The van der Waals surface area contributed by atoms with E-state index in [0.717, 1.165) is 97.4 Å². The number of ether oxygens (including phenoxy) is 2. The summed E-state index contributed by atoms with van der Waals surface area (Å²) in [6.07, 6.45) is 12.6. The maximum atomic E-state index is 6.56. The molecule has 2 fully saturated rings. The number of aryl methyl sites for hydroxylation is 1. The number of hydrogen-bond donors (Lipinski definition) is 1. The fraction of sp³-hybridized carbons (Fsp3) is 0.407. The first-order valence-corrected chi connectivity index (χ1v) is 12.8. The monoisotopic (exact) mass is 498 g/mol. The summed E-state index contributed by atoms with van der Waals surface area (Å²) in [6.45, 7) is 5.07. The molecule has 1 N–H and O–H groups in total. The molecule has 4 aromatic rings. The third kappa shape index (κ3) is 5.43. The van der Waals surface area contributed by atoms with E-state index in [1.54, 1.807) is 31.1 Å². The number of anilines is 2. The molecule has 1 aliphatic carbocycles. The number of hydrogen-bond acceptors (Lipinski definition) is 10. The van der Waals surface area contributed by atoms with Crippen molar-refractivity contribution in [3.63, 3.8) is 0 Å². The van der Waals surface area contributed by atoms with E-state index in [0.29, 0.717) is 6.04 Å². The van der Waals surface area contributed by atoms with Crippen molar-refractivity contribution in [3.8, 4) is 17.0 Å². The normalized spacial score (nSPS) is 20.1. The molecule has 2 aliphatic rings. The summed E-state index contributed by atoms with van der Waals surface area (Å²) < 4.78 is 12.1. The second-order valence-corrected chi connectivity index (χ2v) is 9.51. The molecule has 0 spiro atoms. The fourth-order valence-corrected chi connectivity index (χ4v) is 4.96. The average molecular weight is 499 g/mol. The minimum absolute atomic E-state index is 0.133. The minimum Gasteiger partial charge on any atom is -0.488 e. The molecule has 0 unspecified atom stereocenters. The number of morpholine rings is 1. The molecule has 4 heterocycles. The van der Waals surface area contributed by atoms with Gasteiger partial charge in [0.15, 0.2) is 0 Å². The van der Waals surface area contributed by atoms with E-state index in [-0.39, 0.29) is 6.10 Å². The molecule has 1 aliphatic heterocycles. The molecule has 0 bridgehead atoms. The van der Waals surface area contributed by atoms with E-state index < -0.39 is 0 Å². The second-order valence-electron chi connectivity index (χ2n) is 9.51. The van der Waals surface area contributed by atoms with E-state index in [2.05, 4.69) is 52.3 Å². The van der Waals surface area contributed by atoms with Gasteiger partial charge in [-0.25, -0.2) is 24.9 Å². The van der Waals surface area contributed by atoms with E-state index in [4.69, 9.17) is 9.47 Å². The summed E-state index contributed by atoms with van der Waals surface area (Å²) in [4.78, 5) is 28.8. The highest BCUT2D eigenvalue weighted by molar-refractivity contribution is 5.85. The topological polar surface area (TPSA) is 111 Å². The first kappa shape index (κ1) is 23.5. The molecule has 0 radical (unpaired) electrons. The smallest absolute Gasteiger partial charge is 0.149 e. The summed E-state index contributed by atoms with van der Waals surface area (Å²) in [7, 11) is 0. The summed E-state index contributed by atoms with van der Waals surface area (Å²) in [5.74, 6) is 2.36. The van der Waals surface area contributed by atoms with Crippen LogP contribution in [0.5, 0.6) is 5.75 Å². The standard InChI is InChI=1S/C27H30N8O2/c1-18-30-15-19(16-31-18)23-14-26(33-17-32-23)34-20-2-4-22(5-3-20)37-25-13-21(35-8-10-36-11-9-35)12-24-27(25)29-7-6-28-24/h6-7,12-17,20,22H,2-5,8-11H2,1H3,(H,32,33,34). The summed E-state index contributed by atoms with van der Waals surface area (Å²) in [5, 5.41) is 3.58. The molecule has 6 rings (SSSR count). The van der Waals surface area contributed by atoms with Gasteiger partial charge in [0.2, 0.25) is 0 Å². The Kier molecular flexibility index (Phi) is 6.72. The zero-order chi connectivity index (χ0) is 25.0. The first-order chi connectivity index (χ1) is 18.2. The van der Waals surface area contributed by atoms with Gasteiger partial charge in [-0.3, -0.25) is 4.98 Å². The Morgan fingerprint density at radius 2 is 1.68 bits per heavy atom. The van der Waals surface area contributed by atoms with Crippen LogP contribution in [0.15, 0.2) is 49.3 Å².